The molecule has 160 valence electrons. The van der Waals surface area contributed by atoms with Crippen LogP contribution in [-0.4, -0.2) is 44.7 Å². The van der Waals surface area contributed by atoms with Crippen molar-refractivity contribution >= 4 is 52.2 Å². The van der Waals surface area contributed by atoms with Crippen LogP contribution >= 0.6 is 24.0 Å². The molecule has 30 heavy (non-hydrogen) atoms. The van der Waals surface area contributed by atoms with E-state index >= 15 is 0 Å². The number of aliphatic carboxylic acids is 1. The Morgan fingerprint density at radius 1 is 1.30 bits per heavy atom. The van der Waals surface area contributed by atoms with E-state index in [9.17, 15) is 19.5 Å². The Balaban J connectivity index is 1.99. The molecule has 0 aromatic heterocycles. The SMILES string of the molecule is CCC(C)C(NC(=O)CCN1C(=O)C(=CC(C)=Cc2ccccc2)SC1=S)C(=O)O. The number of allylic oxidation sites excluding steroid dienone is 2. The smallest absolute Gasteiger partial charge is 0.326 e. The van der Waals surface area contributed by atoms with Gasteiger partial charge in [-0.05, 0) is 30.1 Å². The molecule has 8 heteroatoms. The van der Waals surface area contributed by atoms with Crippen molar-refractivity contribution in [2.24, 2.45) is 5.92 Å². The number of carboxylic acids is 1. The summed E-state index contributed by atoms with van der Waals surface area (Å²) in [6, 6.07) is 8.84. The molecular weight excluding hydrogens is 420 g/mol. The Morgan fingerprint density at radius 2 is 1.97 bits per heavy atom. The number of nitrogens with one attached hydrogen (secondary N) is 1. The standard InChI is InChI=1S/C22H26N2O4S2/c1-4-15(3)19(21(27)28)23-18(25)10-11-24-20(26)17(30-22(24)29)13-14(2)12-16-8-6-5-7-9-16/h5-9,12-13,15,19H,4,10-11H2,1-3H3,(H,23,25)(H,27,28). The number of hydrogen-bond donors (Lipinski definition) is 2. The summed E-state index contributed by atoms with van der Waals surface area (Å²) in [5.41, 5.74) is 1.95. The number of nitrogens with zero attached hydrogens (tertiary/aromatic N) is 1. The fourth-order valence-electron chi connectivity index (χ4n) is 2.90. The van der Waals surface area contributed by atoms with Gasteiger partial charge < -0.3 is 10.4 Å². The Labute approximate surface area is 186 Å². The van der Waals surface area contributed by atoms with Gasteiger partial charge in [0, 0.05) is 13.0 Å². The second kappa shape index (κ2) is 11.1. The highest BCUT2D eigenvalue weighted by atomic mass is 32.2. The Hall–Kier alpha value is -2.45. The van der Waals surface area contributed by atoms with Crippen molar-refractivity contribution in [3.63, 3.8) is 0 Å². The molecule has 2 unspecified atom stereocenters. The average Bonchev–Trinajstić information content (AvgIpc) is 2.97. The second-order valence-corrected chi connectivity index (χ2v) is 8.83. The van der Waals surface area contributed by atoms with Crippen LogP contribution in [0.4, 0.5) is 0 Å². The van der Waals surface area contributed by atoms with Gasteiger partial charge >= 0.3 is 5.97 Å². The van der Waals surface area contributed by atoms with Gasteiger partial charge in [0.05, 0.1) is 4.91 Å². The zero-order valence-electron chi connectivity index (χ0n) is 17.3. The molecule has 1 heterocycles. The third kappa shape index (κ3) is 6.53. The first kappa shape index (κ1) is 23.8. The quantitative estimate of drug-likeness (QED) is 0.443. The minimum absolute atomic E-state index is 0.0151. The van der Waals surface area contributed by atoms with E-state index in [2.05, 4.69) is 5.32 Å². The minimum Gasteiger partial charge on any atom is -0.480 e. The lowest BCUT2D eigenvalue weighted by Crippen LogP contribution is -2.46. The van der Waals surface area contributed by atoms with Crippen molar-refractivity contribution in [1.29, 1.82) is 0 Å². The number of carboxylic acid groups (broad SMARTS) is 1. The van der Waals surface area contributed by atoms with E-state index in [1.807, 2.05) is 50.3 Å². The Bertz CT molecular complexity index is 880. The zero-order chi connectivity index (χ0) is 22.3. The maximum Gasteiger partial charge on any atom is 0.326 e. The predicted molar refractivity (Wildman–Crippen MR) is 124 cm³/mol. The van der Waals surface area contributed by atoms with Crippen LogP contribution in [0.2, 0.25) is 0 Å². The molecule has 6 nitrogen and oxygen atoms in total. The minimum atomic E-state index is -1.06. The number of amides is 2. The summed E-state index contributed by atoms with van der Waals surface area (Å²) in [6.45, 7) is 5.67. The molecule has 0 aliphatic carbocycles. The van der Waals surface area contributed by atoms with Gasteiger partial charge in [-0.3, -0.25) is 14.5 Å². The fraction of sp³-hybridized carbons (Fsp3) is 0.364. The van der Waals surface area contributed by atoms with E-state index in [0.717, 1.165) is 11.1 Å². The Kier molecular flexibility index (Phi) is 8.80. The number of benzene rings is 1. The molecule has 2 amide bonds. The summed E-state index contributed by atoms with van der Waals surface area (Å²) in [7, 11) is 0. The van der Waals surface area contributed by atoms with E-state index < -0.39 is 17.9 Å². The lowest BCUT2D eigenvalue weighted by Gasteiger charge is -2.21. The van der Waals surface area contributed by atoms with E-state index in [0.29, 0.717) is 15.6 Å². The van der Waals surface area contributed by atoms with Crippen molar-refractivity contribution in [3.05, 3.63) is 52.4 Å². The van der Waals surface area contributed by atoms with E-state index in [1.165, 1.54) is 16.7 Å². The predicted octanol–water partition coefficient (Wildman–Crippen LogP) is 3.84. The van der Waals surface area contributed by atoms with E-state index in [4.69, 9.17) is 12.2 Å². The lowest BCUT2D eigenvalue weighted by atomic mass is 9.99. The summed E-state index contributed by atoms with van der Waals surface area (Å²) < 4.78 is 0.392. The van der Waals surface area contributed by atoms with Gasteiger partial charge in [0.1, 0.15) is 10.4 Å². The Morgan fingerprint density at radius 3 is 2.57 bits per heavy atom. The maximum absolute atomic E-state index is 12.7. The van der Waals surface area contributed by atoms with Crippen molar-refractivity contribution in [2.75, 3.05) is 6.54 Å². The van der Waals surface area contributed by atoms with E-state index in [1.54, 1.807) is 13.0 Å². The highest BCUT2D eigenvalue weighted by Gasteiger charge is 2.32. The molecule has 1 fully saturated rings. The van der Waals surface area contributed by atoms with Gasteiger partial charge in [0.2, 0.25) is 5.91 Å². The molecule has 2 N–H and O–H groups in total. The molecule has 0 spiro atoms. The first-order valence-corrected chi connectivity index (χ1v) is 11.0. The van der Waals surface area contributed by atoms with Crippen LogP contribution in [-0.2, 0) is 14.4 Å². The third-order valence-corrected chi connectivity index (χ3v) is 6.16. The van der Waals surface area contributed by atoms with Crippen LogP contribution in [0.15, 0.2) is 46.9 Å². The van der Waals surface area contributed by atoms with Crippen LogP contribution < -0.4 is 5.32 Å². The van der Waals surface area contributed by atoms with Gasteiger partial charge in [-0.25, -0.2) is 4.79 Å². The van der Waals surface area contributed by atoms with Gasteiger partial charge in [-0.15, -0.1) is 0 Å². The zero-order valence-corrected chi connectivity index (χ0v) is 18.9. The second-order valence-electron chi connectivity index (χ2n) is 7.15. The molecule has 1 aliphatic rings. The van der Waals surface area contributed by atoms with Crippen molar-refractivity contribution in [3.8, 4) is 0 Å². The average molecular weight is 447 g/mol. The third-order valence-electron chi connectivity index (χ3n) is 4.78. The summed E-state index contributed by atoms with van der Waals surface area (Å²) >= 11 is 6.50. The van der Waals surface area contributed by atoms with Crippen LogP contribution in [0, 0.1) is 5.92 Å². The van der Waals surface area contributed by atoms with Crippen LogP contribution in [0.5, 0.6) is 0 Å². The van der Waals surface area contributed by atoms with Gasteiger partial charge in [-0.1, -0.05) is 80.7 Å². The van der Waals surface area contributed by atoms with Crippen LogP contribution in [0.25, 0.3) is 6.08 Å². The van der Waals surface area contributed by atoms with Crippen LogP contribution in [0.1, 0.15) is 39.2 Å². The number of thiocarbonyl (C=S) groups is 1. The molecule has 0 bridgehead atoms. The molecule has 2 atom stereocenters. The van der Waals surface area contributed by atoms with Gasteiger partial charge in [-0.2, -0.15) is 0 Å². The topological polar surface area (TPSA) is 86.7 Å². The highest BCUT2D eigenvalue weighted by molar-refractivity contribution is 8.26. The highest BCUT2D eigenvalue weighted by Crippen LogP contribution is 2.32. The number of carbonyl (C=O) groups excluding carboxylic acids is 2. The summed E-state index contributed by atoms with van der Waals surface area (Å²) in [4.78, 5) is 38.2. The first-order valence-electron chi connectivity index (χ1n) is 9.73. The first-order chi connectivity index (χ1) is 14.2. The molecule has 1 saturated heterocycles. The van der Waals surface area contributed by atoms with Crippen molar-refractivity contribution < 1.29 is 19.5 Å². The van der Waals surface area contributed by atoms with E-state index in [-0.39, 0.29) is 24.8 Å². The number of thioether (sulfide) groups is 1. The molecular formula is C22H26N2O4S2. The van der Waals surface area contributed by atoms with Gasteiger partial charge in [0.25, 0.3) is 5.91 Å². The largest absolute Gasteiger partial charge is 0.480 e. The van der Waals surface area contributed by atoms with Crippen LogP contribution in [0.3, 0.4) is 0 Å². The monoisotopic (exact) mass is 446 g/mol. The fourth-order valence-corrected chi connectivity index (χ4v) is 4.25. The number of rotatable bonds is 9. The molecule has 0 radical (unpaired) electrons. The lowest BCUT2D eigenvalue weighted by molar-refractivity contribution is -0.143. The normalized spacial score (nSPS) is 17.9. The molecule has 1 aliphatic heterocycles. The maximum atomic E-state index is 12.7. The molecule has 1 aromatic rings. The molecule has 2 rings (SSSR count). The number of carbonyl (C=O) groups is 3. The summed E-state index contributed by atoms with van der Waals surface area (Å²) in [5, 5.41) is 11.8. The van der Waals surface area contributed by atoms with Crippen molar-refractivity contribution in [2.45, 2.75) is 39.7 Å². The molecule has 1 aromatic carbocycles. The number of hydrogen-bond acceptors (Lipinski definition) is 5. The summed E-state index contributed by atoms with van der Waals surface area (Å²) in [5.74, 6) is -1.91. The molecule has 0 saturated carbocycles. The van der Waals surface area contributed by atoms with Crippen molar-refractivity contribution in [1.82, 2.24) is 10.2 Å². The van der Waals surface area contributed by atoms with Gasteiger partial charge in [0.15, 0.2) is 0 Å². The summed E-state index contributed by atoms with van der Waals surface area (Å²) in [6.07, 6.45) is 4.38.